The maximum absolute atomic E-state index is 12.4. The summed E-state index contributed by atoms with van der Waals surface area (Å²) in [6.07, 6.45) is 0. The summed E-state index contributed by atoms with van der Waals surface area (Å²) in [4.78, 5) is 47.3. The standard InChI is InChI=1S/C24H22N4O4/c25-21(29)19-5-1-3-15(11-19)13-27-23(31)17-7-9-18(10-8-17)24(32)28-14-16-4-2-6-20(12-16)22(26)30/h1-12H,13-14H2,(H2,25,29)(H2,26,30)(H,27,31)(H,28,32). The molecule has 0 aromatic heterocycles. The van der Waals surface area contributed by atoms with E-state index in [1.807, 2.05) is 0 Å². The third-order valence-electron chi connectivity index (χ3n) is 4.74. The summed E-state index contributed by atoms with van der Waals surface area (Å²) in [7, 11) is 0. The van der Waals surface area contributed by atoms with Gasteiger partial charge in [-0.3, -0.25) is 19.2 Å². The fourth-order valence-electron chi connectivity index (χ4n) is 3.01. The summed E-state index contributed by atoms with van der Waals surface area (Å²) in [6.45, 7) is 0.457. The molecule has 0 radical (unpaired) electrons. The van der Waals surface area contributed by atoms with E-state index >= 15 is 0 Å². The molecule has 162 valence electrons. The average Bonchev–Trinajstić information content (AvgIpc) is 2.81. The Balaban J connectivity index is 1.55. The summed E-state index contributed by atoms with van der Waals surface area (Å²) in [6, 6.07) is 19.6. The molecule has 4 amide bonds. The highest BCUT2D eigenvalue weighted by molar-refractivity contribution is 5.98. The van der Waals surface area contributed by atoms with Crippen LogP contribution in [0.5, 0.6) is 0 Å². The van der Waals surface area contributed by atoms with Crippen LogP contribution in [0.2, 0.25) is 0 Å². The molecule has 0 heterocycles. The minimum atomic E-state index is -0.535. The molecule has 3 aromatic rings. The Kier molecular flexibility index (Phi) is 6.97. The minimum Gasteiger partial charge on any atom is -0.366 e. The molecule has 0 aliphatic heterocycles. The third-order valence-corrected chi connectivity index (χ3v) is 4.74. The van der Waals surface area contributed by atoms with E-state index < -0.39 is 11.8 Å². The largest absolute Gasteiger partial charge is 0.366 e. The number of nitrogens with one attached hydrogen (secondary N) is 2. The van der Waals surface area contributed by atoms with Crippen LogP contribution in [0, 0.1) is 0 Å². The molecule has 32 heavy (non-hydrogen) atoms. The van der Waals surface area contributed by atoms with E-state index in [2.05, 4.69) is 10.6 Å². The molecule has 0 aliphatic rings. The third kappa shape index (κ3) is 5.79. The van der Waals surface area contributed by atoms with Crippen LogP contribution in [-0.2, 0) is 13.1 Å². The van der Waals surface area contributed by atoms with Gasteiger partial charge in [-0.05, 0) is 59.7 Å². The predicted octanol–water partition coefficient (Wildman–Crippen LogP) is 1.74. The molecule has 0 unspecified atom stereocenters. The number of benzene rings is 3. The molecule has 8 nitrogen and oxygen atoms in total. The van der Waals surface area contributed by atoms with Crippen molar-refractivity contribution in [1.29, 1.82) is 0 Å². The lowest BCUT2D eigenvalue weighted by atomic mass is 10.1. The van der Waals surface area contributed by atoms with Gasteiger partial charge in [0, 0.05) is 35.3 Å². The quantitative estimate of drug-likeness (QED) is 0.431. The average molecular weight is 430 g/mol. The van der Waals surface area contributed by atoms with Gasteiger partial charge in [0.2, 0.25) is 11.8 Å². The second kappa shape index (κ2) is 10.0. The molecular formula is C24H22N4O4. The summed E-state index contributed by atoms with van der Waals surface area (Å²) >= 11 is 0. The van der Waals surface area contributed by atoms with Crippen molar-refractivity contribution in [3.8, 4) is 0 Å². The second-order valence-corrected chi connectivity index (χ2v) is 7.07. The molecule has 0 aliphatic carbocycles. The smallest absolute Gasteiger partial charge is 0.251 e. The van der Waals surface area contributed by atoms with Crippen molar-refractivity contribution in [1.82, 2.24) is 10.6 Å². The summed E-state index contributed by atoms with van der Waals surface area (Å²) < 4.78 is 0. The van der Waals surface area contributed by atoms with E-state index in [0.29, 0.717) is 22.3 Å². The van der Waals surface area contributed by atoms with Gasteiger partial charge in [0.1, 0.15) is 0 Å². The van der Waals surface area contributed by atoms with Crippen molar-refractivity contribution in [2.75, 3.05) is 0 Å². The first kappa shape index (κ1) is 22.2. The van der Waals surface area contributed by atoms with E-state index in [1.54, 1.807) is 72.8 Å². The molecule has 8 heteroatoms. The van der Waals surface area contributed by atoms with Gasteiger partial charge in [-0.1, -0.05) is 24.3 Å². The highest BCUT2D eigenvalue weighted by atomic mass is 16.2. The van der Waals surface area contributed by atoms with E-state index in [-0.39, 0.29) is 24.9 Å². The van der Waals surface area contributed by atoms with Crippen LogP contribution in [0.1, 0.15) is 52.6 Å². The van der Waals surface area contributed by atoms with Crippen LogP contribution < -0.4 is 22.1 Å². The molecule has 6 N–H and O–H groups in total. The fraction of sp³-hybridized carbons (Fsp3) is 0.0833. The Bertz CT molecular complexity index is 1080. The van der Waals surface area contributed by atoms with Gasteiger partial charge >= 0.3 is 0 Å². The molecule has 0 saturated heterocycles. The number of hydrogen-bond donors (Lipinski definition) is 4. The van der Waals surface area contributed by atoms with Gasteiger partial charge in [0.15, 0.2) is 0 Å². The first-order chi connectivity index (χ1) is 15.3. The lowest BCUT2D eigenvalue weighted by Crippen LogP contribution is -2.24. The molecular weight excluding hydrogens is 408 g/mol. The first-order valence-corrected chi connectivity index (χ1v) is 9.77. The summed E-state index contributed by atoms with van der Waals surface area (Å²) in [5.41, 5.74) is 13.5. The Morgan fingerprint density at radius 1 is 0.562 bits per heavy atom. The van der Waals surface area contributed by atoms with Gasteiger partial charge in [0.05, 0.1) is 0 Å². The first-order valence-electron chi connectivity index (χ1n) is 9.77. The topological polar surface area (TPSA) is 144 Å². The molecule has 0 fully saturated rings. The highest BCUT2D eigenvalue weighted by Crippen LogP contribution is 2.09. The van der Waals surface area contributed by atoms with Gasteiger partial charge in [-0.2, -0.15) is 0 Å². The number of nitrogens with two attached hydrogens (primary N) is 2. The maximum atomic E-state index is 12.4. The molecule has 0 saturated carbocycles. The molecule has 0 spiro atoms. The predicted molar refractivity (Wildman–Crippen MR) is 119 cm³/mol. The SMILES string of the molecule is NC(=O)c1cccc(CNC(=O)c2ccc(C(=O)NCc3cccc(C(N)=O)c3)cc2)c1. The van der Waals surface area contributed by atoms with Crippen LogP contribution in [0.3, 0.4) is 0 Å². The van der Waals surface area contributed by atoms with Gasteiger partial charge < -0.3 is 22.1 Å². The number of carbonyl (C=O) groups is 4. The highest BCUT2D eigenvalue weighted by Gasteiger charge is 2.10. The number of rotatable bonds is 8. The van der Waals surface area contributed by atoms with Crippen LogP contribution in [0.15, 0.2) is 72.8 Å². The number of primary amides is 2. The van der Waals surface area contributed by atoms with Crippen LogP contribution in [0.25, 0.3) is 0 Å². The van der Waals surface area contributed by atoms with Crippen molar-refractivity contribution in [2.45, 2.75) is 13.1 Å². The lowest BCUT2D eigenvalue weighted by molar-refractivity contribution is 0.0939. The second-order valence-electron chi connectivity index (χ2n) is 7.07. The summed E-state index contributed by atoms with van der Waals surface area (Å²) in [5.74, 6) is -1.70. The van der Waals surface area contributed by atoms with E-state index in [9.17, 15) is 19.2 Å². The molecule has 0 bridgehead atoms. The zero-order valence-corrected chi connectivity index (χ0v) is 17.1. The van der Waals surface area contributed by atoms with Crippen molar-refractivity contribution in [2.24, 2.45) is 11.5 Å². The Hall–Kier alpha value is -4.46. The molecule has 0 atom stereocenters. The van der Waals surface area contributed by atoms with Crippen LogP contribution in [0.4, 0.5) is 0 Å². The fourth-order valence-corrected chi connectivity index (χ4v) is 3.01. The number of hydrogen-bond acceptors (Lipinski definition) is 4. The Labute approximate surface area is 184 Å². The minimum absolute atomic E-state index is 0.229. The summed E-state index contributed by atoms with van der Waals surface area (Å²) in [5, 5.41) is 5.52. The maximum Gasteiger partial charge on any atom is 0.251 e. The molecule has 3 aromatic carbocycles. The normalized spacial score (nSPS) is 10.2. The van der Waals surface area contributed by atoms with Gasteiger partial charge in [0.25, 0.3) is 11.8 Å². The zero-order valence-electron chi connectivity index (χ0n) is 17.1. The van der Waals surface area contributed by atoms with E-state index in [1.165, 1.54) is 0 Å². The Morgan fingerprint density at radius 2 is 0.938 bits per heavy atom. The van der Waals surface area contributed by atoms with Gasteiger partial charge in [-0.25, -0.2) is 0 Å². The Morgan fingerprint density at radius 3 is 1.28 bits per heavy atom. The van der Waals surface area contributed by atoms with Gasteiger partial charge in [-0.15, -0.1) is 0 Å². The van der Waals surface area contributed by atoms with Crippen LogP contribution in [-0.4, -0.2) is 23.6 Å². The lowest BCUT2D eigenvalue weighted by Gasteiger charge is -2.08. The zero-order chi connectivity index (χ0) is 23.1. The van der Waals surface area contributed by atoms with Crippen molar-refractivity contribution in [3.63, 3.8) is 0 Å². The van der Waals surface area contributed by atoms with Crippen molar-refractivity contribution < 1.29 is 19.2 Å². The van der Waals surface area contributed by atoms with Crippen molar-refractivity contribution >= 4 is 23.6 Å². The number of carbonyl (C=O) groups excluding carboxylic acids is 4. The number of amides is 4. The van der Waals surface area contributed by atoms with Crippen LogP contribution >= 0.6 is 0 Å². The van der Waals surface area contributed by atoms with E-state index in [0.717, 1.165) is 11.1 Å². The van der Waals surface area contributed by atoms with E-state index in [4.69, 9.17) is 11.5 Å². The molecule has 3 rings (SSSR count). The monoisotopic (exact) mass is 430 g/mol. The van der Waals surface area contributed by atoms with Crippen molar-refractivity contribution in [3.05, 3.63) is 106 Å².